The van der Waals surface area contributed by atoms with E-state index in [9.17, 15) is 14.4 Å². The van der Waals surface area contributed by atoms with E-state index in [1.54, 1.807) is 46.9 Å². The molecule has 0 aliphatic carbocycles. The third-order valence-corrected chi connectivity index (χ3v) is 5.51. The van der Waals surface area contributed by atoms with Crippen LogP contribution in [0.5, 0.6) is 0 Å². The summed E-state index contributed by atoms with van der Waals surface area (Å²) in [6.45, 7) is 3.27. The fourth-order valence-electron chi connectivity index (χ4n) is 3.44. The number of rotatable bonds is 14. The van der Waals surface area contributed by atoms with E-state index in [1.807, 2.05) is 37.3 Å². The summed E-state index contributed by atoms with van der Waals surface area (Å²) in [6, 6.07) is 15.7. The molecule has 0 saturated heterocycles. The Balaban J connectivity index is 2.04. The topological polar surface area (TPSA) is 123 Å². The van der Waals surface area contributed by atoms with E-state index in [-0.39, 0.29) is 22.4 Å². The van der Waals surface area contributed by atoms with Crippen molar-refractivity contribution in [2.75, 3.05) is 18.4 Å². The number of nitrogens with two attached hydrogens (primary N) is 1. The second-order valence-electron chi connectivity index (χ2n) is 7.86. The van der Waals surface area contributed by atoms with Crippen LogP contribution < -0.4 is 21.7 Å². The second kappa shape index (κ2) is 15.4. The van der Waals surface area contributed by atoms with Crippen molar-refractivity contribution in [1.29, 1.82) is 0 Å². The minimum absolute atomic E-state index is 0.168. The lowest BCUT2D eigenvalue weighted by Crippen LogP contribution is -2.52. The van der Waals surface area contributed by atoms with Gasteiger partial charge in [-0.1, -0.05) is 49.4 Å². The zero-order chi connectivity index (χ0) is 24.8. The van der Waals surface area contributed by atoms with Gasteiger partial charge in [0.15, 0.2) is 0 Å². The van der Waals surface area contributed by atoms with Gasteiger partial charge in [0.2, 0.25) is 11.8 Å². The number of carbonyl (C=O) groups excluding carboxylic acids is 3. The molecule has 34 heavy (non-hydrogen) atoms. The number of hydrogen-bond donors (Lipinski definition) is 4. The summed E-state index contributed by atoms with van der Waals surface area (Å²) in [5.74, 6) is -0.499. The average molecular weight is 580 g/mol. The smallest absolute Gasteiger partial charge is 0.367 e. The van der Waals surface area contributed by atoms with Crippen LogP contribution in [0.4, 0.5) is 10.5 Å². The van der Waals surface area contributed by atoms with Gasteiger partial charge in [0, 0.05) is 5.69 Å². The lowest BCUT2D eigenvalue weighted by Gasteiger charge is -2.23. The number of anilines is 1. The van der Waals surface area contributed by atoms with E-state index in [4.69, 9.17) is 10.5 Å². The first-order chi connectivity index (χ1) is 16.4. The van der Waals surface area contributed by atoms with Gasteiger partial charge in [-0.05, 0) is 62.0 Å². The molecule has 9 heteroatoms. The second-order valence-corrected chi connectivity index (χ2v) is 8.74. The summed E-state index contributed by atoms with van der Waals surface area (Å²) < 4.78 is 4.59. The van der Waals surface area contributed by atoms with E-state index >= 15 is 0 Å². The van der Waals surface area contributed by atoms with Crippen molar-refractivity contribution in [3.8, 4) is 0 Å². The standard InChI is InChI=1S/C25H33IN4O4/c1-2-28-22(16-18-8-4-3-5-9-18)24(32)30-21(10-6-7-15-27)23(31)29-20-13-11-19(12-14-20)17-34-25(26)33/h3-5,8-9,11-14,21-22,28H,2,6-7,10,15-17,27H2,1H3,(H,29,31)(H,30,32)/t21-,22-/m0/s1. The van der Waals surface area contributed by atoms with Crippen LogP contribution in [0.25, 0.3) is 0 Å². The molecule has 2 aromatic rings. The molecule has 2 aromatic carbocycles. The molecule has 0 aromatic heterocycles. The van der Waals surface area contributed by atoms with Gasteiger partial charge in [-0.25, -0.2) is 4.79 Å². The zero-order valence-corrected chi connectivity index (χ0v) is 21.5. The number of hydrogen-bond acceptors (Lipinski definition) is 6. The molecule has 8 nitrogen and oxygen atoms in total. The summed E-state index contributed by atoms with van der Waals surface area (Å²) in [7, 11) is 0. The number of likely N-dealkylation sites (N-methyl/N-ethyl adjacent to an activating group) is 1. The molecule has 0 spiro atoms. The van der Waals surface area contributed by atoms with Gasteiger partial charge in [-0.3, -0.25) is 9.59 Å². The number of unbranched alkanes of at least 4 members (excludes halogenated alkanes) is 1. The molecule has 0 aliphatic heterocycles. The van der Waals surface area contributed by atoms with E-state index in [0.29, 0.717) is 31.6 Å². The van der Waals surface area contributed by atoms with Crippen molar-refractivity contribution in [2.45, 2.75) is 51.3 Å². The number of benzene rings is 2. The Hall–Kier alpha value is -2.50. The quantitative estimate of drug-likeness (QED) is 0.154. The van der Waals surface area contributed by atoms with E-state index in [0.717, 1.165) is 24.0 Å². The Morgan fingerprint density at radius 2 is 1.65 bits per heavy atom. The molecule has 5 N–H and O–H groups in total. The van der Waals surface area contributed by atoms with Crippen molar-refractivity contribution in [3.63, 3.8) is 0 Å². The zero-order valence-electron chi connectivity index (χ0n) is 19.4. The normalized spacial score (nSPS) is 12.4. The Kier molecular flexibility index (Phi) is 12.6. The van der Waals surface area contributed by atoms with Crippen molar-refractivity contribution < 1.29 is 19.1 Å². The molecule has 0 radical (unpaired) electrons. The third-order valence-electron chi connectivity index (χ3n) is 5.20. The number of halogens is 1. The Morgan fingerprint density at radius 1 is 0.941 bits per heavy atom. The van der Waals surface area contributed by atoms with Crippen LogP contribution in [0.2, 0.25) is 0 Å². The van der Waals surface area contributed by atoms with Crippen LogP contribution in [0, 0.1) is 0 Å². The molecule has 0 bridgehead atoms. The molecule has 2 amide bonds. The minimum atomic E-state index is -0.685. The molecule has 0 fully saturated rings. The Morgan fingerprint density at radius 3 is 2.26 bits per heavy atom. The van der Waals surface area contributed by atoms with Crippen LogP contribution in [0.1, 0.15) is 37.3 Å². The van der Waals surface area contributed by atoms with Crippen molar-refractivity contribution in [2.24, 2.45) is 5.73 Å². The molecule has 0 heterocycles. The van der Waals surface area contributed by atoms with E-state index < -0.39 is 12.1 Å². The van der Waals surface area contributed by atoms with E-state index in [1.165, 1.54) is 0 Å². The fraction of sp³-hybridized carbons (Fsp3) is 0.400. The highest BCUT2D eigenvalue weighted by molar-refractivity contribution is 14.1. The molecule has 2 rings (SSSR count). The predicted molar refractivity (Wildman–Crippen MR) is 142 cm³/mol. The molecular formula is C25H33IN4O4. The fourth-order valence-corrected chi connectivity index (χ4v) is 3.60. The largest absolute Gasteiger partial charge is 0.453 e. The van der Waals surface area contributed by atoms with Crippen LogP contribution in [0.3, 0.4) is 0 Å². The summed E-state index contributed by atoms with van der Waals surface area (Å²) >= 11 is 1.57. The average Bonchev–Trinajstić information content (AvgIpc) is 2.83. The van der Waals surface area contributed by atoms with Gasteiger partial charge < -0.3 is 26.4 Å². The lowest BCUT2D eigenvalue weighted by molar-refractivity contribution is -0.128. The number of nitrogens with one attached hydrogen (secondary N) is 3. The highest BCUT2D eigenvalue weighted by atomic mass is 127. The van der Waals surface area contributed by atoms with Crippen LogP contribution in [0.15, 0.2) is 54.6 Å². The first-order valence-corrected chi connectivity index (χ1v) is 12.5. The summed E-state index contributed by atoms with van der Waals surface area (Å²) in [5.41, 5.74) is 8.07. The number of ether oxygens (including phenoxy) is 1. The highest BCUT2D eigenvalue weighted by Gasteiger charge is 2.25. The Bertz CT molecular complexity index is 909. The third kappa shape index (κ3) is 10.2. The molecule has 2 atom stereocenters. The minimum Gasteiger partial charge on any atom is -0.453 e. The van der Waals surface area contributed by atoms with Crippen molar-refractivity contribution in [3.05, 3.63) is 65.7 Å². The highest BCUT2D eigenvalue weighted by Crippen LogP contribution is 2.13. The lowest BCUT2D eigenvalue weighted by atomic mass is 10.0. The van der Waals surface area contributed by atoms with Crippen LogP contribution in [-0.2, 0) is 27.4 Å². The molecule has 0 saturated carbocycles. The summed E-state index contributed by atoms with van der Waals surface area (Å²) in [6.07, 6.45) is 2.51. The monoisotopic (exact) mass is 580 g/mol. The molecule has 0 aliphatic rings. The van der Waals surface area contributed by atoms with Crippen LogP contribution in [-0.4, -0.2) is 41.0 Å². The maximum Gasteiger partial charge on any atom is 0.367 e. The molecule has 184 valence electrons. The Labute approximate surface area is 214 Å². The molecular weight excluding hydrogens is 547 g/mol. The molecule has 0 unspecified atom stereocenters. The predicted octanol–water partition coefficient (Wildman–Crippen LogP) is 3.53. The van der Waals surface area contributed by atoms with Gasteiger partial charge >= 0.3 is 3.98 Å². The first kappa shape index (κ1) is 27.7. The van der Waals surface area contributed by atoms with Gasteiger partial charge in [0.25, 0.3) is 0 Å². The van der Waals surface area contributed by atoms with Gasteiger partial charge in [-0.15, -0.1) is 0 Å². The van der Waals surface area contributed by atoms with Crippen molar-refractivity contribution in [1.82, 2.24) is 10.6 Å². The SMILES string of the molecule is CCN[C@@H](Cc1ccccc1)C(=O)N[C@@H](CCCCN)C(=O)Nc1ccc(COC(=O)I)cc1. The van der Waals surface area contributed by atoms with Gasteiger partial charge in [0.05, 0.1) is 28.6 Å². The van der Waals surface area contributed by atoms with Crippen molar-refractivity contribution >= 4 is 44.1 Å². The number of amides is 2. The van der Waals surface area contributed by atoms with Crippen LogP contribution >= 0.6 is 22.6 Å². The summed E-state index contributed by atoms with van der Waals surface area (Å²) in [5, 5.41) is 9.02. The van der Waals surface area contributed by atoms with Gasteiger partial charge in [-0.2, -0.15) is 0 Å². The summed E-state index contributed by atoms with van der Waals surface area (Å²) in [4.78, 5) is 37.1. The maximum atomic E-state index is 13.1. The van der Waals surface area contributed by atoms with E-state index in [2.05, 4.69) is 16.0 Å². The van der Waals surface area contributed by atoms with Gasteiger partial charge in [0.1, 0.15) is 12.6 Å². The number of carbonyl (C=O) groups is 3. The maximum absolute atomic E-state index is 13.1. The first-order valence-electron chi connectivity index (χ1n) is 11.4.